The summed E-state index contributed by atoms with van der Waals surface area (Å²) in [5.41, 5.74) is 6.89. The first kappa shape index (κ1) is 11.6. The summed E-state index contributed by atoms with van der Waals surface area (Å²) in [5, 5.41) is 2.25. The van der Waals surface area contributed by atoms with E-state index in [9.17, 15) is 0 Å². The number of nitrogens with zero attached hydrogens (tertiary/aromatic N) is 1. The minimum Gasteiger partial charge on any atom is -0.318 e. The summed E-state index contributed by atoms with van der Waals surface area (Å²) in [6, 6.07) is 8.04. The van der Waals surface area contributed by atoms with Crippen molar-refractivity contribution in [2.75, 3.05) is 0 Å². The summed E-state index contributed by atoms with van der Waals surface area (Å²) < 4.78 is 0. The van der Waals surface area contributed by atoms with Crippen LogP contribution < -0.4 is 5.73 Å². The maximum absolute atomic E-state index is 5.89. The summed E-state index contributed by atoms with van der Waals surface area (Å²) >= 11 is 0. The number of rotatable bonds is 2. The Hall–Kier alpha value is -1.85. The maximum atomic E-state index is 5.89. The van der Waals surface area contributed by atoms with Gasteiger partial charge in [-0.2, -0.15) is 0 Å². The molecule has 86 valence electrons. The van der Waals surface area contributed by atoms with Crippen LogP contribution in [0.4, 0.5) is 0 Å². The molecule has 0 aliphatic carbocycles. The van der Waals surface area contributed by atoms with Crippen LogP contribution in [0.15, 0.2) is 36.7 Å². The molecule has 2 N–H and O–H groups in total. The fourth-order valence-corrected chi connectivity index (χ4v) is 1.78. The van der Waals surface area contributed by atoms with Crippen LogP contribution >= 0.6 is 0 Å². The second-order valence-electron chi connectivity index (χ2n) is 4.07. The minimum absolute atomic E-state index is 0.0353. The van der Waals surface area contributed by atoms with E-state index in [2.05, 4.69) is 29.8 Å². The predicted octanol–water partition coefficient (Wildman–Crippen LogP) is 2.71. The molecular weight excluding hydrogens is 208 g/mol. The Labute approximate surface area is 102 Å². The second kappa shape index (κ2) is 5.47. The summed E-state index contributed by atoms with van der Waals surface area (Å²) in [5.74, 6) is 6.25. The Balaban J connectivity index is 2.36. The van der Waals surface area contributed by atoms with Gasteiger partial charge in [0.15, 0.2) is 0 Å². The van der Waals surface area contributed by atoms with E-state index in [1.54, 1.807) is 6.20 Å². The van der Waals surface area contributed by atoms with Crippen molar-refractivity contribution in [3.8, 4) is 11.8 Å². The van der Waals surface area contributed by atoms with Crippen molar-refractivity contribution in [1.29, 1.82) is 0 Å². The molecule has 2 aromatic rings. The number of nitrogens with two attached hydrogens (primary N) is 1. The van der Waals surface area contributed by atoms with Gasteiger partial charge in [-0.05, 0) is 23.9 Å². The Kier molecular flexibility index (Phi) is 3.74. The van der Waals surface area contributed by atoms with E-state index in [1.807, 2.05) is 24.4 Å². The zero-order chi connectivity index (χ0) is 12.1. The van der Waals surface area contributed by atoms with Gasteiger partial charge in [0.1, 0.15) is 0 Å². The number of pyridine rings is 1. The van der Waals surface area contributed by atoms with Crippen molar-refractivity contribution in [3.05, 3.63) is 42.2 Å². The molecule has 1 aromatic heterocycles. The lowest BCUT2D eigenvalue weighted by Gasteiger charge is -2.01. The first-order chi connectivity index (χ1) is 8.31. The predicted molar refractivity (Wildman–Crippen MR) is 71.5 cm³/mol. The van der Waals surface area contributed by atoms with E-state index in [0.717, 1.165) is 29.2 Å². The molecule has 0 radical (unpaired) electrons. The molecule has 0 fully saturated rings. The maximum Gasteiger partial charge on any atom is 0.0668 e. The number of hydrogen-bond donors (Lipinski definition) is 1. The highest BCUT2D eigenvalue weighted by Gasteiger charge is 1.98. The highest BCUT2D eigenvalue weighted by atomic mass is 14.6. The molecule has 0 saturated heterocycles. The highest BCUT2D eigenvalue weighted by molar-refractivity contribution is 5.87. The molecule has 2 heteroatoms. The van der Waals surface area contributed by atoms with E-state index in [-0.39, 0.29) is 6.04 Å². The standard InChI is InChI=1S/C15H16N2/c1-2-4-14(16)8-7-12-5-3-6-13-9-10-17-11-15(12)13/h3,5-6,9-11,14H,2,4,16H2,1H3. The van der Waals surface area contributed by atoms with Gasteiger partial charge >= 0.3 is 0 Å². The Morgan fingerprint density at radius 2 is 2.24 bits per heavy atom. The molecule has 1 heterocycles. The SMILES string of the molecule is CCCC(N)C#Cc1cccc2ccncc12. The van der Waals surface area contributed by atoms with Crippen LogP contribution in [0.3, 0.4) is 0 Å². The average Bonchev–Trinajstić information content (AvgIpc) is 2.36. The van der Waals surface area contributed by atoms with Crippen LogP contribution in [0.5, 0.6) is 0 Å². The number of aromatic nitrogens is 1. The Morgan fingerprint density at radius 1 is 1.35 bits per heavy atom. The van der Waals surface area contributed by atoms with Crippen molar-refractivity contribution in [3.63, 3.8) is 0 Å². The van der Waals surface area contributed by atoms with Crippen molar-refractivity contribution >= 4 is 10.8 Å². The summed E-state index contributed by atoms with van der Waals surface area (Å²) in [6.45, 7) is 2.11. The molecule has 1 atom stereocenters. The van der Waals surface area contributed by atoms with E-state index in [4.69, 9.17) is 5.73 Å². The molecule has 0 amide bonds. The van der Waals surface area contributed by atoms with Gasteiger partial charge in [-0.25, -0.2) is 0 Å². The fourth-order valence-electron chi connectivity index (χ4n) is 1.78. The third kappa shape index (κ3) is 2.83. The van der Waals surface area contributed by atoms with Crippen LogP contribution in [0.25, 0.3) is 10.8 Å². The summed E-state index contributed by atoms with van der Waals surface area (Å²) in [6.07, 6.45) is 5.65. The van der Waals surface area contributed by atoms with Crippen molar-refractivity contribution < 1.29 is 0 Å². The van der Waals surface area contributed by atoms with Gasteiger partial charge in [-0.15, -0.1) is 0 Å². The van der Waals surface area contributed by atoms with E-state index < -0.39 is 0 Å². The number of benzene rings is 1. The molecule has 0 bridgehead atoms. The minimum atomic E-state index is -0.0353. The Bertz CT molecular complexity index is 558. The summed E-state index contributed by atoms with van der Waals surface area (Å²) in [7, 11) is 0. The van der Waals surface area contributed by atoms with Crippen LogP contribution in [-0.4, -0.2) is 11.0 Å². The largest absolute Gasteiger partial charge is 0.318 e. The molecule has 2 rings (SSSR count). The van der Waals surface area contributed by atoms with Crippen molar-refractivity contribution in [1.82, 2.24) is 4.98 Å². The number of hydrogen-bond acceptors (Lipinski definition) is 2. The lowest BCUT2D eigenvalue weighted by atomic mass is 10.1. The zero-order valence-corrected chi connectivity index (χ0v) is 9.98. The first-order valence-electron chi connectivity index (χ1n) is 5.91. The highest BCUT2D eigenvalue weighted by Crippen LogP contribution is 2.16. The van der Waals surface area contributed by atoms with Gasteiger partial charge in [0.05, 0.1) is 6.04 Å². The lowest BCUT2D eigenvalue weighted by Crippen LogP contribution is -2.16. The van der Waals surface area contributed by atoms with Crippen LogP contribution in [-0.2, 0) is 0 Å². The molecule has 0 aliphatic rings. The van der Waals surface area contributed by atoms with Crippen molar-refractivity contribution in [2.45, 2.75) is 25.8 Å². The van der Waals surface area contributed by atoms with Gasteiger partial charge in [0, 0.05) is 23.3 Å². The van der Waals surface area contributed by atoms with Gasteiger partial charge < -0.3 is 5.73 Å². The molecule has 0 saturated carbocycles. The monoisotopic (exact) mass is 224 g/mol. The van der Waals surface area contributed by atoms with Gasteiger partial charge in [-0.3, -0.25) is 4.98 Å². The average molecular weight is 224 g/mol. The van der Waals surface area contributed by atoms with Gasteiger partial charge in [0.2, 0.25) is 0 Å². The topological polar surface area (TPSA) is 38.9 Å². The fraction of sp³-hybridized carbons (Fsp3) is 0.267. The molecule has 17 heavy (non-hydrogen) atoms. The van der Waals surface area contributed by atoms with E-state index >= 15 is 0 Å². The van der Waals surface area contributed by atoms with E-state index in [0.29, 0.717) is 0 Å². The van der Waals surface area contributed by atoms with Crippen LogP contribution in [0.2, 0.25) is 0 Å². The van der Waals surface area contributed by atoms with Crippen LogP contribution in [0, 0.1) is 11.8 Å². The molecule has 0 spiro atoms. The molecular formula is C15H16N2. The smallest absolute Gasteiger partial charge is 0.0668 e. The number of fused-ring (bicyclic) bond motifs is 1. The zero-order valence-electron chi connectivity index (χ0n) is 9.98. The normalized spacial score (nSPS) is 11.9. The van der Waals surface area contributed by atoms with Gasteiger partial charge in [-0.1, -0.05) is 37.3 Å². The molecule has 0 aliphatic heterocycles. The second-order valence-corrected chi connectivity index (χ2v) is 4.07. The third-order valence-corrected chi connectivity index (χ3v) is 2.68. The van der Waals surface area contributed by atoms with Crippen molar-refractivity contribution in [2.24, 2.45) is 5.73 Å². The van der Waals surface area contributed by atoms with Gasteiger partial charge in [0.25, 0.3) is 0 Å². The van der Waals surface area contributed by atoms with E-state index in [1.165, 1.54) is 0 Å². The molecule has 1 aromatic carbocycles. The Morgan fingerprint density at radius 3 is 3.06 bits per heavy atom. The first-order valence-corrected chi connectivity index (χ1v) is 5.91. The third-order valence-electron chi connectivity index (χ3n) is 2.68. The lowest BCUT2D eigenvalue weighted by molar-refractivity contribution is 0.720. The summed E-state index contributed by atoms with van der Waals surface area (Å²) in [4.78, 5) is 4.14. The van der Waals surface area contributed by atoms with Crippen LogP contribution in [0.1, 0.15) is 25.3 Å². The molecule has 2 nitrogen and oxygen atoms in total. The quantitative estimate of drug-likeness (QED) is 0.797. The molecule has 1 unspecified atom stereocenters.